The van der Waals surface area contributed by atoms with Crippen molar-refractivity contribution >= 4 is 15.9 Å². The van der Waals surface area contributed by atoms with Crippen LogP contribution in [0.4, 0.5) is 0 Å². The van der Waals surface area contributed by atoms with Gasteiger partial charge >= 0.3 is 0 Å². The maximum Gasteiger partial charge on any atom is 0.152 e. The normalized spacial score (nSPS) is 9.65. The molecule has 0 radical (unpaired) electrons. The fourth-order valence-electron chi connectivity index (χ4n) is 1.27. The fourth-order valence-corrected chi connectivity index (χ4v) is 1.63. The molecule has 0 atom stereocenters. The van der Waals surface area contributed by atoms with Crippen LogP contribution in [0, 0.1) is 11.3 Å². The van der Waals surface area contributed by atoms with Crippen molar-refractivity contribution in [1.82, 2.24) is 9.97 Å². The summed E-state index contributed by atoms with van der Waals surface area (Å²) in [6, 6.07) is 9.12. The van der Waals surface area contributed by atoms with Crippen LogP contribution in [0.15, 0.2) is 41.3 Å². The Hall–Kier alpha value is -1.93. The zero-order valence-electron chi connectivity index (χ0n) is 8.80. The van der Waals surface area contributed by atoms with Crippen molar-refractivity contribution in [2.45, 2.75) is 6.61 Å². The highest BCUT2D eigenvalue weighted by atomic mass is 79.9. The standard InChI is InChI=1S/C12H8BrN3O/c13-12-11(2-1-4-16-12)17-8-9-3-5-15-10(6-9)7-14/h1-6H,8H2. The molecule has 17 heavy (non-hydrogen) atoms. The molecule has 2 aromatic rings. The van der Waals surface area contributed by atoms with Crippen LogP contribution >= 0.6 is 15.9 Å². The quantitative estimate of drug-likeness (QED) is 0.815. The highest BCUT2D eigenvalue weighted by molar-refractivity contribution is 9.10. The summed E-state index contributed by atoms with van der Waals surface area (Å²) in [5.41, 5.74) is 1.28. The third-order valence-electron chi connectivity index (χ3n) is 2.06. The summed E-state index contributed by atoms with van der Waals surface area (Å²) in [4.78, 5) is 7.94. The van der Waals surface area contributed by atoms with Crippen molar-refractivity contribution in [1.29, 1.82) is 5.26 Å². The lowest BCUT2D eigenvalue weighted by molar-refractivity contribution is 0.302. The molecule has 0 amide bonds. The number of hydrogen-bond acceptors (Lipinski definition) is 4. The number of hydrogen-bond donors (Lipinski definition) is 0. The van der Waals surface area contributed by atoms with E-state index in [9.17, 15) is 0 Å². The van der Waals surface area contributed by atoms with Gasteiger partial charge in [0.2, 0.25) is 0 Å². The van der Waals surface area contributed by atoms with Crippen LogP contribution in [-0.4, -0.2) is 9.97 Å². The molecule has 2 aromatic heterocycles. The molecule has 2 heterocycles. The lowest BCUT2D eigenvalue weighted by Crippen LogP contribution is -1.97. The Balaban J connectivity index is 2.08. The summed E-state index contributed by atoms with van der Waals surface area (Å²) in [7, 11) is 0. The van der Waals surface area contributed by atoms with Crippen molar-refractivity contribution < 1.29 is 4.74 Å². The van der Waals surface area contributed by atoms with Crippen LogP contribution in [0.3, 0.4) is 0 Å². The minimum atomic E-state index is 0.376. The van der Waals surface area contributed by atoms with Gasteiger partial charge in [0.1, 0.15) is 23.0 Å². The third-order valence-corrected chi connectivity index (χ3v) is 2.65. The van der Waals surface area contributed by atoms with E-state index in [1.807, 2.05) is 18.2 Å². The summed E-state index contributed by atoms with van der Waals surface area (Å²) in [5.74, 6) is 0.669. The molecular formula is C12H8BrN3O. The average Bonchev–Trinajstić information content (AvgIpc) is 2.38. The molecular weight excluding hydrogens is 282 g/mol. The molecule has 0 fully saturated rings. The third kappa shape index (κ3) is 3.02. The number of ether oxygens (including phenoxy) is 1. The Kier molecular flexibility index (Phi) is 3.68. The van der Waals surface area contributed by atoms with Crippen LogP contribution in [0.25, 0.3) is 0 Å². The zero-order valence-corrected chi connectivity index (χ0v) is 10.4. The zero-order chi connectivity index (χ0) is 12.1. The lowest BCUT2D eigenvalue weighted by Gasteiger charge is -2.07. The Morgan fingerprint density at radius 3 is 2.94 bits per heavy atom. The van der Waals surface area contributed by atoms with Crippen LogP contribution in [0.5, 0.6) is 5.75 Å². The molecule has 5 heteroatoms. The highest BCUT2D eigenvalue weighted by Gasteiger charge is 2.02. The van der Waals surface area contributed by atoms with Crippen molar-refractivity contribution in [2.24, 2.45) is 0 Å². The van der Waals surface area contributed by atoms with Gasteiger partial charge in [-0.2, -0.15) is 5.26 Å². The topological polar surface area (TPSA) is 58.8 Å². The predicted octanol–water partition coefficient (Wildman–Crippen LogP) is 2.69. The maximum absolute atomic E-state index is 8.72. The van der Waals surface area contributed by atoms with Crippen LogP contribution in [0.1, 0.15) is 11.3 Å². The maximum atomic E-state index is 8.72. The van der Waals surface area contributed by atoms with Gasteiger partial charge in [0.15, 0.2) is 5.75 Å². The van der Waals surface area contributed by atoms with E-state index in [1.54, 1.807) is 24.5 Å². The Bertz CT molecular complexity index is 566. The molecule has 0 unspecified atom stereocenters. The second-order valence-electron chi connectivity index (χ2n) is 3.24. The van der Waals surface area contributed by atoms with Crippen LogP contribution < -0.4 is 4.74 Å². The summed E-state index contributed by atoms with van der Waals surface area (Å²) in [6.07, 6.45) is 3.27. The fraction of sp³-hybridized carbons (Fsp3) is 0.0833. The van der Waals surface area contributed by atoms with Crippen molar-refractivity contribution in [2.75, 3.05) is 0 Å². The molecule has 0 spiro atoms. The van der Waals surface area contributed by atoms with Gasteiger partial charge in [-0.15, -0.1) is 0 Å². The SMILES string of the molecule is N#Cc1cc(COc2cccnc2Br)ccn1. The Morgan fingerprint density at radius 1 is 1.29 bits per heavy atom. The molecule has 0 aromatic carbocycles. The van der Waals surface area contributed by atoms with E-state index in [0.29, 0.717) is 22.7 Å². The molecule has 0 saturated heterocycles. The average molecular weight is 290 g/mol. The van der Waals surface area contributed by atoms with Crippen molar-refractivity contribution in [3.05, 3.63) is 52.5 Å². The second kappa shape index (κ2) is 5.41. The molecule has 84 valence electrons. The summed E-state index contributed by atoms with van der Waals surface area (Å²) in [6.45, 7) is 0.376. The first-order chi connectivity index (χ1) is 8.29. The van der Waals surface area contributed by atoms with E-state index >= 15 is 0 Å². The van der Waals surface area contributed by atoms with Crippen molar-refractivity contribution in [3.8, 4) is 11.8 Å². The second-order valence-corrected chi connectivity index (χ2v) is 3.99. The monoisotopic (exact) mass is 289 g/mol. The van der Waals surface area contributed by atoms with Gasteiger partial charge in [-0.25, -0.2) is 9.97 Å². The van der Waals surface area contributed by atoms with E-state index in [2.05, 4.69) is 25.9 Å². The van der Waals surface area contributed by atoms with Gasteiger partial charge in [-0.1, -0.05) is 0 Å². The first-order valence-corrected chi connectivity index (χ1v) is 5.67. The minimum Gasteiger partial charge on any atom is -0.486 e. The van der Waals surface area contributed by atoms with Gasteiger partial charge in [-0.3, -0.25) is 0 Å². The first kappa shape index (κ1) is 11.6. The molecule has 4 nitrogen and oxygen atoms in total. The smallest absolute Gasteiger partial charge is 0.152 e. The molecule has 0 aliphatic carbocycles. The minimum absolute atomic E-state index is 0.376. The largest absolute Gasteiger partial charge is 0.486 e. The number of nitrogens with zero attached hydrogens (tertiary/aromatic N) is 3. The van der Waals surface area contributed by atoms with Gasteiger partial charge < -0.3 is 4.74 Å². The number of halogens is 1. The van der Waals surface area contributed by atoms with Gasteiger partial charge in [0.05, 0.1) is 0 Å². The highest BCUT2D eigenvalue weighted by Crippen LogP contribution is 2.22. The van der Waals surface area contributed by atoms with E-state index in [-0.39, 0.29) is 0 Å². The van der Waals surface area contributed by atoms with Crippen LogP contribution in [0.2, 0.25) is 0 Å². The van der Waals surface area contributed by atoms with E-state index in [0.717, 1.165) is 5.56 Å². The van der Waals surface area contributed by atoms with E-state index in [4.69, 9.17) is 10.00 Å². The summed E-state index contributed by atoms with van der Waals surface area (Å²) < 4.78 is 6.24. The first-order valence-electron chi connectivity index (χ1n) is 4.88. The molecule has 0 aliphatic rings. The molecule has 0 bridgehead atoms. The summed E-state index contributed by atoms with van der Waals surface area (Å²) in [5, 5.41) is 8.72. The number of nitriles is 1. The van der Waals surface area contributed by atoms with Gasteiger partial charge in [0.25, 0.3) is 0 Å². The number of rotatable bonds is 3. The van der Waals surface area contributed by atoms with Crippen LogP contribution in [-0.2, 0) is 6.61 Å². The molecule has 0 aliphatic heterocycles. The number of pyridine rings is 2. The van der Waals surface area contributed by atoms with E-state index < -0.39 is 0 Å². The molecule has 0 N–H and O–H groups in total. The van der Waals surface area contributed by atoms with Gasteiger partial charge in [-0.05, 0) is 45.8 Å². The Labute approximate surface area is 107 Å². The van der Waals surface area contributed by atoms with Crippen molar-refractivity contribution in [3.63, 3.8) is 0 Å². The van der Waals surface area contributed by atoms with E-state index in [1.165, 1.54) is 0 Å². The molecule has 2 rings (SSSR count). The number of aromatic nitrogens is 2. The predicted molar refractivity (Wildman–Crippen MR) is 65.2 cm³/mol. The van der Waals surface area contributed by atoms with Gasteiger partial charge in [0, 0.05) is 12.4 Å². The Morgan fingerprint density at radius 2 is 2.18 bits per heavy atom. The summed E-state index contributed by atoms with van der Waals surface area (Å²) >= 11 is 3.30. The lowest BCUT2D eigenvalue weighted by atomic mass is 10.2. The molecule has 0 saturated carbocycles.